The quantitative estimate of drug-likeness (QED) is 0.555. The number of ether oxygens (including phenoxy) is 1. The zero-order valence-corrected chi connectivity index (χ0v) is 10.6. The second-order valence-electron chi connectivity index (χ2n) is 3.35. The first kappa shape index (κ1) is 13.1. The van der Waals surface area contributed by atoms with E-state index < -0.39 is 0 Å². The highest BCUT2D eigenvalue weighted by Gasteiger charge is 1.99. The number of hydrogen-bond donors (Lipinski definition) is 1. The van der Waals surface area contributed by atoms with Gasteiger partial charge in [0.15, 0.2) is 0 Å². The van der Waals surface area contributed by atoms with Gasteiger partial charge in [0.25, 0.3) is 0 Å². The summed E-state index contributed by atoms with van der Waals surface area (Å²) in [6.07, 6.45) is 1.94. The molecular weight excluding hydrogens is 218 g/mol. The highest BCUT2D eigenvalue weighted by molar-refractivity contribution is 7.99. The third-order valence-electron chi connectivity index (χ3n) is 2.17. The smallest absolute Gasteiger partial charge is 0.123 e. The first-order valence-corrected chi connectivity index (χ1v) is 6.55. The molecule has 0 atom stereocenters. The molecule has 0 spiro atoms. The molecule has 0 unspecified atom stereocenters. The van der Waals surface area contributed by atoms with E-state index in [0.29, 0.717) is 0 Å². The summed E-state index contributed by atoms with van der Waals surface area (Å²) < 4.78 is 5.28. The highest BCUT2D eigenvalue weighted by atomic mass is 32.2. The Morgan fingerprint density at radius 2 is 2.25 bits per heavy atom. The van der Waals surface area contributed by atoms with Crippen molar-refractivity contribution >= 4 is 11.8 Å². The lowest BCUT2D eigenvalue weighted by molar-refractivity contribution is 0.408. The molecule has 16 heavy (non-hydrogen) atoms. The average Bonchev–Trinajstić information content (AvgIpc) is 2.34. The van der Waals surface area contributed by atoms with Crippen LogP contribution in [0.2, 0.25) is 0 Å². The van der Waals surface area contributed by atoms with Gasteiger partial charge < -0.3 is 10.1 Å². The van der Waals surface area contributed by atoms with Crippen LogP contribution < -0.4 is 10.1 Å². The maximum Gasteiger partial charge on any atom is 0.123 e. The summed E-state index contributed by atoms with van der Waals surface area (Å²) in [6, 6.07) is 8.10. The zero-order valence-electron chi connectivity index (χ0n) is 9.74. The van der Waals surface area contributed by atoms with Crippen molar-refractivity contribution in [1.82, 2.24) is 5.32 Å². The molecule has 1 aromatic rings. The van der Waals surface area contributed by atoms with Gasteiger partial charge in [-0.15, -0.1) is 6.58 Å². The lowest BCUT2D eigenvalue weighted by Crippen LogP contribution is -2.17. The van der Waals surface area contributed by atoms with Crippen molar-refractivity contribution in [3.05, 3.63) is 42.5 Å². The van der Waals surface area contributed by atoms with Crippen molar-refractivity contribution in [2.45, 2.75) is 6.54 Å². The summed E-state index contributed by atoms with van der Waals surface area (Å²) in [6.45, 7) is 5.56. The summed E-state index contributed by atoms with van der Waals surface area (Å²) in [7, 11) is 1.71. The highest BCUT2D eigenvalue weighted by Crippen LogP contribution is 2.16. The maximum absolute atomic E-state index is 5.28. The van der Waals surface area contributed by atoms with E-state index in [0.717, 1.165) is 30.3 Å². The van der Waals surface area contributed by atoms with Crippen molar-refractivity contribution < 1.29 is 4.74 Å². The first-order chi connectivity index (χ1) is 7.88. The average molecular weight is 237 g/mol. The van der Waals surface area contributed by atoms with Crippen molar-refractivity contribution in [3.63, 3.8) is 0 Å². The van der Waals surface area contributed by atoms with Gasteiger partial charge >= 0.3 is 0 Å². The Morgan fingerprint density at radius 1 is 1.44 bits per heavy atom. The minimum absolute atomic E-state index is 0.860. The van der Waals surface area contributed by atoms with Crippen LogP contribution in [0.1, 0.15) is 5.56 Å². The molecule has 3 heteroatoms. The van der Waals surface area contributed by atoms with Crippen molar-refractivity contribution in [2.24, 2.45) is 0 Å². The Morgan fingerprint density at radius 3 is 3.00 bits per heavy atom. The molecule has 88 valence electrons. The van der Waals surface area contributed by atoms with E-state index in [-0.39, 0.29) is 0 Å². The lowest BCUT2D eigenvalue weighted by Gasteiger charge is -2.08. The number of methoxy groups -OCH3 is 1. The minimum Gasteiger partial charge on any atom is -0.496 e. The van der Waals surface area contributed by atoms with Gasteiger partial charge in [-0.25, -0.2) is 0 Å². The van der Waals surface area contributed by atoms with Gasteiger partial charge in [-0.05, 0) is 6.07 Å². The van der Waals surface area contributed by atoms with Crippen LogP contribution in [0.25, 0.3) is 0 Å². The molecule has 0 aliphatic carbocycles. The van der Waals surface area contributed by atoms with E-state index in [1.165, 1.54) is 5.56 Å². The fraction of sp³-hybridized carbons (Fsp3) is 0.385. The molecule has 1 N–H and O–H groups in total. The molecule has 0 aromatic heterocycles. The molecule has 0 radical (unpaired) electrons. The van der Waals surface area contributed by atoms with Crippen LogP contribution in [0.4, 0.5) is 0 Å². The van der Waals surface area contributed by atoms with E-state index in [9.17, 15) is 0 Å². The molecule has 0 saturated heterocycles. The number of nitrogens with one attached hydrogen (secondary N) is 1. The summed E-state index contributed by atoms with van der Waals surface area (Å²) in [4.78, 5) is 0. The second-order valence-corrected chi connectivity index (χ2v) is 4.50. The van der Waals surface area contributed by atoms with Crippen molar-refractivity contribution in [1.29, 1.82) is 0 Å². The Hall–Kier alpha value is -0.930. The standard InChI is InChI=1S/C13H19NOS/c1-3-9-16-10-8-14-11-12-6-4-5-7-13(12)15-2/h3-7,14H,1,8-11H2,2H3. The van der Waals surface area contributed by atoms with Gasteiger partial charge in [-0.2, -0.15) is 11.8 Å². The molecule has 0 saturated carbocycles. The lowest BCUT2D eigenvalue weighted by atomic mass is 10.2. The van der Waals surface area contributed by atoms with Crippen LogP contribution in [-0.2, 0) is 6.54 Å². The summed E-state index contributed by atoms with van der Waals surface area (Å²) in [5.41, 5.74) is 1.21. The van der Waals surface area contributed by atoms with Crippen LogP contribution >= 0.6 is 11.8 Å². The summed E-state index contributed by atoms with van der Waals surface area (Å²) in [5.74, 6) is 3.09. The predicted molar refractivity (Wildman–Crippen MR) is 72.2 cm³/mol. The van der Waals surface area contributed by atoms with E-state index in [2.05, 4.69) is 18.0 Å². The minimum atomic E-state index is 0.860. The largest absolute Gasteiger partial charge is 0.496 e. The van der Waals surface area contributed by atoms with E-state index in [1.807, 2.05) is 36.0 Å². The predicted octanol–water partition coefficient (Wildman–Crippen LogP) is 2.70. The number of hydrogen-bond acceptors (Lipinski definition) is 3. The maximum atomic E-state index is 5.28. The van der Waals surface area contributed by atoms with Gasteiger partial charge in [0.1, 0.15) is 5.75 Å². The second kappa shape index (κ2) is 8.25. The van der Waals surface area contributed by atoms with Gasteiger partial charge in [-0.1, -0.05) is 24.3 Å². The van der Waals surface area contributed by atoms with Crippen LogP contribution in [0.3, 0.4) is 0 Å². The molecule has 0 amide bonds. The van der Waals surface area contributed by atoms with E-state index in [4.69, 9.17) is 4.74 Å². The van der Waals surface area contributed by atoms with Gasteiger partial charge in [0.05, 0.1) is 7.11 Å². The fourth-order valence-electron chi connectivity index (χ4n) is 1.38. The summed E-state index contributed by atoms with van der Waals surface area (Å²) >= 11 is 1.89. The Balaban J connectivity index is 2.23. The Bertz CT molecular complexity index is 315. The monoisotopic (exact) mass is 237 g/mol. The van der Waals surface area contributed by atoms with Crippen LogP contribution in [0, 0.1) is 0 Å². The fourth-order valence-corrected chi connectivity index (χ4v) is 2.01. The molecule has 0 fully saturated rings. The topological polar surface area (TPSA) is 21.3 Å². The van der Waals surface area contributed by atoms with Gasteiger partial charge in [0.2, 0.25) is 0 Å². The summed E-state index contributed by atoms with van der Waals surface area (Å²) in [5, 5.41) is 3.40. The molecule has 0 aliphatic rings. The third kappa shape index (κ3) is 4.73. The van der Waals surface area contributed by atoms with Gasteiger partial charge in [-0.3, -0.25) is 0 Å². The van der Waals surface area contributed by atoms with Gasteiger partial charge in [0, 0.05) is 30.2 Å². The van der Waals surface area contributed by atoms with Crippen molar-refractivity contribution in [2.75, 3.05) is 25.2 Å². The molecule has 1 rings (SSSR count). The van der Waals surface area contributed by atoms with Crippen molar-refractivity contribution in [3.8, 4) is 5.75 Å². The molecule has 2 nitrogen and oxygen atoms in total. The first-order valence-electron chi connectivity index (χ1n) is 5.39. The van der Waals surface area contributed by atoms with Crippen LogP contribution in [0.5, 0.6) is 5.75 Å². The zero-order chi connectivity index (χ0) is 11.6. The number of benzene rings is 1. The van der Waals surface area contributed by atoms with Crippen LogP contribution in [0.15, 0.2) is 36.9 Å². The van der Waals surface area contributed by atoms with E-state index >= 15 is 0 Å². The Labute approximate surface area is 102 Å². The number of thioether (sulfide) groups is 1. The SMILES string of the molecule is C=CCSCCNCc1ccccc1OC. The number of rotatable bonds is 8. The third-order valence-corrected chi connectivity index (χ3v) is 3.13. The van der Waals surface area contributed by atoms with Crippen LogP contribution in [-0.4, -0.2) is 25.2 Å². The number of para-hydroxylation sites is 1. The Kier molecular flexibility index (Phi) is 6.77. The van der Waals surface area contributed by atoms with E-state index in [1.54, 1.807) is 7.11 Å². The molecule has 0 aliphatic heterocycles. The molecule has 1 aromatic carbocycles. The molecule has 0 heterocycles. The molecule has 0 bridgehead atoms. The normalized spacial score (nSPS) is 10.1. The molecular formula is C13H19NOS.